The van der Waals surface area contributed by atoms with Crippen LogP contribution in [0.2, 0.25) is 0 Å². The highest BCUT2D eigenvalue weighted by molar-refractivity contribution is 8.00. The van der Waals surface area contributed by atoms with Gasteiger partial charge in [0.2, 0.25) is 0 Å². The van der Waals surface area contributed by atoms with Crippen molar-refractivity contribution in [1.82, 2.24) is 0 Å². The van der Waals surface area contributed by atoms with Gasteiger partial charge in [-0.05, 0) is 5.25 Å². The van der Waals surface area contributed by atoms with Crippen LogP contribution in [0.3, 0.4) is 0 Å². The van der Waals surface area contributed by atoms with E-state index in [4.69, 9.17) is 0 Å². The SMILES string of the molecule is CC(C)SCCC(=O)S. The Morgan fingerprint density at radius 3 is 2.56 bits per heavy atom. The van der Waals surface area contributed by atoms with E-state index in [-0.39, 0.29) is 5.12 Å². The summed E-state index contributed by atoms with van der Waals surface area (Å²) in [6, 6.07) is 0. The van der Waals surface area contributed by atoms with Crippen LogP contribution in [0, 0.1) is 0 Å². The summed E-state index contributed by atoms with van der Waals surface area (Å²) in [7, 11) is 0. The molecule has 0 aliphatic heterocycles. The van der Waals surface area contributed by atoms with Crippen LogP contribution in [-0.2, 0) is 4.79 Å². The average Bonchev–Trinajstić information content (AvgIpc) is 1.63. The molecule has 54 valence electrons. The normalized spacial score (nSPS) is 10.2. The molecule has 0 amide bonds. The Morgan fingerprint density at radius 1 is 1.67 bits per heavy atom. The number of hydrogen-bond donors (Lipinski definition) is 1. The maximum atomic E-state index is 10.3. The zero-order valence-electron chi connectivity index (χ0n) is 5.76. The summed E-state index contributed by atoms with van der Waals surface area (Å²) in [6.45, 7) is 4.24. The maximum absolute atomic E-state index is 10.3. The second-order valence-electron chi connectivity index (χ2n) is 2.06. The van der Waals surface area contributed by atoms with Crippen molar-refractivity contribution in [3.63, 3.8) is 0 Å². The minimum atomic E-state index is -0.0110. The second kappa shape index (κ2) is 5.18. The summed E-state index contributed by atoms with van der Waals surface area (Å²) in [6.07, 6.45) is 0.589. The highest BCUT2D eigenvalue weighted by Gasteiger charge is 1.96. The van der Waals surface area contributed by atoms with Crippen molar-refractivity contribution < 1.29 is 4.79 Å². The van der Waals surface area contributed by atoms with Crippen molar-refractivity contribution in [3.8, 4) is 0 Å². The van der Waals surface area contributed by atoms with E-state index < -0.39 is 0 Å². The van der Waals surface area contributed by atoms with Gasteiger partial charge in [-0.15, -0.1) is 12.6 Å². The number of carbonyl (C=O) groups excluding carboxylic acids is 1. The van der Waals surface area contributed by atoms with Gasteiger partial charge < -0.3 is 0 Å². The third-order valence-electron chi connectivity index (χ3n) is 0.767. The van der Waals surface area contributed by atoms with Gasteiger partial charge in [0.05, 0.1) is 0 Å². The van der Waals surface area contributed by atoms with Crippen molar-refractivity contribution in [2.24, 2.45) is 0 Å². The zero-order valence-corrected chi connectivity index (χ0v) is 7.47. The Labute approximate surface area is 66.0 Å². The molecule has 0 fully saturated rings. The Balaban J connectivity index is 3.01. The minimum Gasteiger partial charge on any atom is -0.287 e. The molecule has 0 rings (SSSR count). The first-order chi connectivity index (χ1) is 4.13. The predicted octanol–water partition coefficient (Wildman–Crippen LogP) is 1.97. The van der Waals surface area contributed by atoms with Crippen molar-refractivity contribution in [2.75, 3.05) is 5.75 Å². The number of thiol groups is 1. The summed E-state index contributed by atoms with van der Waals surface area (Å²) < 4.78 is 0. The van der Waals surface area contributed by atoms with E-state index in [1.165, 1.54) is 0 Å². The Bertz CT molecular complexity index is 91.1. The molecule has 0 atom stereocenters. The van der Waals surface area contributed by atoms with Crippen LogP contribution in [0.5, 0.6) is 0 Å². The fraction of sp³-hybridized carbons (Fsp3) is 0.833. The molecule has 0 aliphatic rings. The van der Waals surface area contributed by atoms with Gasteiger partial charge in [-0.25, -0.2) is 0 Å². The minimum absolute atomic E-state index is 0.0110. The molecule has 9 heavy (non-hydrogen) atoms. The summed E-state index contributed by atoms with van der Waals surface area (Å²) in [5.41, 5.74) is 0. The first kappa shape index (κ1) is 9.37. The van der Waals surface area contributed by atoms with Crippen LogP contribution >= 0.6 is 24.4 Å². The Morgan fingerprint density at radius 2 is 2.22 bits per heavy atom. The van der Waals surface area contributed by atoms with Gasteiger partial charge >= 0.3 is 0 Å². The van der Waals surface area contributed by atoms with Gasteiger partial charge in [0.1, 0.15) is 0 Å². The molecule has 0 N–H and O–H groups in total. The third-order valence-corrected chi connectivity index (χ3v) is 2.10. The number of carbonyl (C=O) groups is 1. The van der Waals surface area contributed by atoms with Crippen molar-refractivity contribution in [3.05, 3.63) is 0 Å². The van der Waals surface area contributed by atoms with E-state index >= 15 is 0 Å². The maximum Gasteiger partial charge on any atom is 0.186 e. The van der Waals surface area contributed by atoms with Crippen LogP contribution in [0.1, 0.15) is 20.3 Å². The molecule has 0 aromatic heterocycles. The monoisotopic (exact) mass is 164 g/mol. The van der Waals surface area contributed by atoms with Crippen molar-refractivity contribution >= 4 is 29.5 Å². The summed E-state index contributed by atoms with van der Waals surface area (Å²) in [5, 5.41) is 0.612. The lowest BCUT2D eigenvalue weighted by molar-refractivity contribution is -0.110. The van der Waals surface area contributed by atoms with E-state index in [2.05, 4.69) is 26.5 Å². The first-order valence-electron chi connectivity index (χ1n) is 2.96. The lowest BCUT2D eigenvalue weighted by Crippen LogP contribution is -1.93. The molecule has 0 radical (unpaired) electrons. The molecule has 1 nitrogen and oxygen atoms in total. The van der Waals surface area contributed by atoms with E-state index in [9.17, 15) is 4.79 Å². The fourth-order valence-electron chi connectivity index (χ4n) is 0.382. The molecule has 3 heteroatoms. The lowest BCUT2D eigenvalue weighted by Gasteiger charge is -2.00. The van der Waals surface area contributed by atoms with Gasteiger partial charge in [-0.3, -0.25) is 4.79 Å². The highest BCUT2D eigenvalue weighted by Crippen LogP contribution is 2.10. The quantitative estimate of drug-likeness (QED) is 0.640. The molecule has 0 bridgehead atoms. The fourth-order valence-corrected chi connectivity index (χ4v) is 1.42. The molecule has 0 saturated heterocycles. The van der Waals surface area contributed by atoms with Crippen LogP contribution in [-0.4, -0.2) is 16.1 Å². The molecular formula is C6H12OS2. The van der Waals surface area contributed by atoms with Crippen molar-refractivity contribution in [2.45, 2.75) is 25.5 Å². The molecule has 0 unspecified atom stereocenters. The van der Waals surface area contributed by atoms with Crippen molar-refractivity contribution in [1.29, 1.82) is 0 Å². The van der Waals surface area contributed by atoms with E-state index in [1.54, 1.807) is 11.8 Å². The molecule has 0 aromatic carbocycles. The van der Waals surface area contributed by atoms with Gasteiger partial charge in [0.25, 0.3) is 0 Å². The second-order valence-corrected chi connectivity index (χ2v) is 4.25. The van der Waals surface area contributed by atoms with E-state index in [0.717, 1.165) is 5.75 Å². The summed E-state index contributed by atoms with van der Waals surface area (Å²) in [4.78, 5) is 10.3. The Kier molecular flexibility index (Phi) is 5.39. The predicted molar refractivity (Wildman–Crippen MR) is 46.2 cm³/mol. The van der Waals surface area contributed by atoms with E-state index in [1.807, 2.05) is 0 Å². The van der Waals surface area contributed by atoms with Gasteiger partial charge in [0.15, 0.2) is 5.12 Å². The number of hydrogen-bond acceptors (Lipinski definition) is 2. The van der Waals surface area contributed by atoms with E-state index in [0.29, 0.717) is 11.7 Å². The molecule has 0 heterocycles. The smallest absolute Gasteiger partial charge is 0.186 e. The molecule has 0 aliphatic carbocycles. The largest absolute Gasteiger partial charge is 0.287 e. The summed E-state index contributed by atoms with van der Waals surface area (Å²) >= 11 is 5.44. The summed E-state index contributed by atoms with van der Waals surface area (Å²) in [5.74, 6) is 0.903. The highest BCUT2D eigenvalue weighted by atomic mass is 32.2. The zero-order chi connectivity index (χ0) is 7.28. The average molecular weight is 164 g/mol. The molecule has 0 spiro atoms. The topological polar surface area (TPSA) is 17.1 Å². The number of thioether (sulfide) groups is 1. The standard InChI is InChI=1S/C6H12OS2/c1-5(2)9-4-3-6(7)8/h5H,3-4H2,1-2H3,(H,7,8). The number of rotatable bonds is 4. The molecule has 0 aromatic rings. The third kappa shape index (κ3) is 8.37. The van der Waals surface area contributed by atoms with Crippen LogP contribution < -0.4 is 0 Å². The van der Waals surface area contributed by atoms with Gasteiger partial charge in [-0.1, -0.05) is 13.8 Å². The van der Waals surface area contributed by atoms with Gasteiger partial charge in [-0.2, -0.15) is 11.8 Å². The van der Waals surface area contributed by atoms with Gasteiger partial charge in [0, 0.05) is 12.2 Å². The van der Waals surface area contributed by atoms with Crippen LogP contribution in [0.15, 0.2) is 0 Å². The van der Waals surface area contributed by atoms with Crippen LogP contribution in [0.25, 0.3) is 0 Å². The lowest BCUT2D eigenvalue weighted by atomic mass is 10.5. The first-order valence-corrected chi connectivity index (χ1v) is 4.46. The van der Waals surface area contributed by atoms with Crippen LogP contribution in [0.4, 0.5) is 0 Å². The Hall–Kier alpha value is 0.370. The molecule has 0 saturated carbocycles. The molecular weight excluding hydrogens is 152 g/mol.